The highest BCUT2D eigenvalue weighted by atomic mass is 32.2. The minimum atomic E-state index is -5.15. The van der Waals surface area contributed by atoms with Gasteiger partial charge in [-0.2, -0.15) is 17.6 Å². The summed E-state index contributed by atoms with van der Waals surface area (Å²) >= 11 is 0. The van der Waals surface area contributed by atoms with Gasteiger partial charge in [-0.1, -0.05) is 26.0 Å². The first-order valence-corrected chi connectivity index (χ1v) is 16.0. The van der Waals surface area contributed by atoms with Crippen LogP contribution in [0.1, 0.15) is 43.3 Å². The normalized spacial score (nSPS) is 17.2. The standard InChI is InChI=1S/C32H31F5N4O4S.H2/c1-18-8-19(2)16-41(15-18)28-5-3-4-27(40-28)25-7-6-21-13-38-23(12-26(21)29(25)33)14-39-30(42)22-9-20(17-45-31(34)35)10-24(11-22)46(43,44)32(36)37;/h3-7,9-13,18-19,31-32H,8,14-17H2,1-2H3,(H,39,42);1H/t18-,19+;. The molecular weight excluding hydrogens is 631 g/mol. The number of ether oxygens (including phenoxy) is 1. The fraction of sp³-hybridized carbons (Fsp3) is 0.344. The number of fused-ring (bicyclic) bond motifs is 1. The predicted octanol–water partition coefficient (Wildman–Crippen LogP) is 6.83. The SMILES string of the molecule is C[C@@H]1C[C@H](C)CN(c2cccc(-c3ccc4cnc(CNC(=O)c5cc(COC(F)F)cc(S(=O)(=O)C(F)F)c5)cc4c3F)n2)C1.[HH]. The lowest BCUT2D eigenvalue weighted by molar-refractivity contribution is -0.137. The first-order valence-electron chi connectivity index (χ1n) is 14.4. The molecule has 2 atom stereocenters. The molecule has 2 aromatic heterocycles. The molecule has 4 aromatic rings. The Hall–Kier alpha value is -4.17. The number of anilines is 1. The zero-order valence-electron chi connectivity index (χ0n) is 24.9. The van der Waals surface area contributed by atoms with Gasteiger partial charge in [-0.05, 0) is 66.3 Å². The molecule has 0 radical (unpaired) electrons. The van der Waals surface area contributed by atoms with Crippen molar-refractivity contribution in [1.82, 2.24) is 15.3 Å². The van der Waals surface area contributed by atoms with E-state index < -0.39 is 45.4 Å². The second-order valence-electron chi connectivity index (χ2n) is 11.5. The molecule has 246 valence electrons. The van der Waals surface area contributed by atoms with Crippen LogP contribution in [0.3, 0.4) is 0 Å². The van der Waals surface area contributed by atoms with E-state index in [1.807, 2.05) is 12.1 Å². The van der Waals surface area contributed by atoms with Gasteiger partial charge >= 0.3 is 12.4 Å². The number of halogens is 5. The number of hydrogen-bond acceptors (Lipinski definition) is 7. The van der Waals surface area contributed by atoms with Crippen molar-refractivity contribution in [2.45, 2.75) is 50.7 Å². The number of amides is 1. The fourth-order valence-electron chi connectivity index (χ4n) is 5.69. The zero-order valence-corrected chi connectivity index (χ0v) is 25.7. The van der Waals surface area contributed by atoms with E-state index in [9.17, 15) is 30.8 Å². The van der Waals surface area contributed by atoms with Crippen LogP contribution in [-0.4, -0.2) is 49.8 Å². The number of benzene rings is 2. The number of nitrogens with one attached hydrogen (secondary N) is 1. The quantitative estimate of drug-likeness (QED) is 0.186. The number of rotatable bonds is 10. The lowest BCUT2D eigenvalue weighted by atomic mass is 9.92. The zero-order chi connectivity index (χ0) is 33.2. The minimum absolute atomic E-state index is 0. The Morgan fingerprint density at radius 2 is 1.80 bits per heavy atom. The van der Waals surface area contributed by atoms with E-state index in [2.05, 4.69) is 33.8 Å². The highest BCUT2D eigenvalue weighted by molar-refractivity contribution is 7.91. The largest absolute Gasteiger partial charge is 0.356 e. The summed E-state index contributed by atoms with van der Waals surface area (Å²) in [5, 5.41) is 3.21. The number of sulfone groups is 1. The Morgan fingerprint density at radius 3 is 2.50 bits per heavy atom. The van der Waals surface area contributed by atoms with E-state index in [1.165, 1.54) is 12.3 Å². The van der Waals surface area contributed by atoms with E-state index >= 15 is 4.39 Å². The van der Waals surface area contributed by atoms with Gasteiger partial charge in [0.05, 0.1) is 29.4 Å². The first kappa shape index (κ1) is 33.2. The molecule has 1 amide bonds. The summed E-state index contributed by atoms with van der Waals surface area (Å²) in [5.74, 6) is -3.45. The van der Waals surface area contributed by atoms with Gasteiger partial charge in [0, 0.05) is 42.6 Å². The molecule has 5 rings (SSSR count). The van der Waals surface area contributed by atoms with Gasteiger partial charge in [0.25, 0.3) is 5.91 Å². The average Bonchev–Trinajstić information content (AvgIpc) is 3.02. The molecule has 1 aliphatic rings. The van der Waals surface area contributed by atoms with Crippen molar-refractivity contribution in [2.75, 3.05) is 18.0 Å². The highest BCUT2D eigenvalue weighted by Crippen LogP contribution is 2.31. The highest BCUT2D eigenvalue weighted by Gasteiger charge is 2.28. The Bertz CT molecular complexity index is 1860. The van der Waals surface area contributed by atoms with E-state index in [1.54, 1.807) is 18.2 Å². The maximum Gasteiger partial charge on any atom is 0.345 e. The van der Waals surface area contributed by atoms with Crippen LogP contribution in [0.25, 0.3) is 22.0 Å². The topological polar surface area (TPSA) is 101 Å². The van der Waals surface area contributed by atoms with Crippen molar-refractivity contribution in [2.24, 2.45) is 11.8 Å². The molecule has 1 aliphatic heterocycles. The van der Waals surface area contributed by atoms with Gasteiger partial charge in [0.1, 0.15) is 11.6 Å². The van der Waals surface area contributed by atoms with Crippen molar-refractivity contribution in [3.8, 4) is 11.3 Å². The van der Waals surface area contributed by atoms with Gasteiger partial charge in [0.2, 0.25) is 9.84 Å². The van der Waals surface area contributed by atoms with Crippen LogP contribution in [-0.2, 0) is 27.7 Å². The monoisotopic (exact) mass is 664 g/mol. The Morgan fingerprint density at radius 1 is 1.07 bits per heavy atom. The predicted molar refractivity (Wildman–Crippen MR) is 164 cm³/mol. The first-order chi connectivity index (χ1) is 21.8. The molecule has 0 bridgehead atoms. The third kappa shape index (κ3) is 7.44. The molecule has 0 spiro atoms. The molecule has 1 fully saturated rings. The number of piperidine rings is 1. The van der Waals surface area contributed by atoms with Crippen LogP contribution in [0.5, 0.6) is 0 Å². The third-order valence-electron chi connectivity index (χ3n) is 7.69. The molecule has 14 heteroatoms. The molecular formula is C32H33F5N4O4S. The maximum absolute atomic E-state index is 15.9. The van der Waals surface area contributed by atoms with Gasteiger partial charge < -0.3 is 15.0 Å². The Kier molecular flexibility index (Phi) is 9.87. The number of alkyl halides is 4. The van der Waals surface area contributed by atoms with Crippen LogP contribution in [0.15, 0.2) is 65.7 Å². The van der Waals surface area contributed by atoms with Crippen LogP contribution >= 0.6 is 0 Å². The number of aromatic nitrogens is 2. The molecule has 8 nitrogen and oxygen atoms in total. The number of hydrogen-bond donors (Lipinski definition) is 1. The molecule has 0 saturated carbocycles. The molecule has 1 N–H and O–H groups in total. The smallest absolute Gasteiger partial charge is 0.345 e. The van der Waals surface area contributed by atoms with E-state index in [0.29, 0.717) is 22.9 Å². The molecule has 0 unspecified atom stereocenters. The van der Waals surface area contributed by atoms with Crippen LogP contribution in [0, 0.1) is 17.7 Å². The second-order valence-corrected chi connectivity index (χ2v) is 13.4. The molecule has 2 aromatic carbocycles. The molecule has 46 heavy (non-hydrogen) atoms. The van der Waals surface area contributed by atoms with Gasteiger partial charge in [-0.15, -0.1) is 0 Å². The summed E-state index contributed by atoms with van der Waals surface area (Å²) in [4.78, 5) is 23.2. The maximum atomic E-state index is 15.9. The Balaban J connectivity index is 0.00000500. The van der Waals surface area contributed by atoms with Crippen LogP contribution in [0.2, 0.25) is 0 Å². The Labute approximate surface area is 264 Å². The van der Waals surface area contributed by atoms with Crippen molar-refractivity contribution in [3.63, 3.8) is 0 Å². The minimum Gasteiger partial charge on any atom is -0.356 e. The lowest BCUT2D eigenvalue weighted by Crippen LogP contribution is -2.39. The number of carbonyl (C=O) groups excluding carboxylic acids is 1. The van der Waals surface area contributed by atoms with Gasteiger partial charge in [0.15, 0.2) is 0 Å². The fourth-order valence-corrected chi connectivity index (χ4v) is 6.50. The summed E-state index contributed by atoms with van der Waals surface area (Å²) in [5.41, 5.74) is 0.372. The second kappa shape index (κ2) is 13.7. The van der Waals surface area contributed by atoms with E-state index in [4.69, 9.17) is 4.98 Å². The van der Waals surface area contributed by atoms with Crippen LogP contribution < -0.4 is 10.2 Å². The van der Waals surface area contributed by atoms with Gasteiger partial charge in [-0.25, -0.2) is 17.8 Å². The van der Waals surface area contributed by atoms with E-state index in [0.717, 1.165) is 43.5 Å². The van der Waals surface area contributed by atoms with E-state index in [-0.39, 0.29) is 35.7 Å². The molecule has 3 heterocycles. The van der Waals surface area contributed by atoms with Gasteiger partial charge in [-0.3, -0.25) is 9.78 Å². The summed E-state index contributed by atoms with van der Waals surface area (Å²) in [6, 6.07) is 12.8. The molecule has 0 aliphatic carbocycles. The summed E-state index contributed by atoms with van der Waals surface area (Å²) in [6.45, 7) is 1.83. The number of carbonyl (C=O) groups is 1. The van der Waals surface area contributed by atoms with Crippen molar-refractivity contribution < 1.29 is 41.3 Å². The van der Waals surface area contributed by atoms with Crippen molar-refractivity contribution >= 4 is 32.3 Å². The summed E-state index contributed by atoms with van der Waals surface area (Å²) < 4.78 is 95.7. The average molecular weight is 665 g/mol. The van der Waals surface area contributed by atoms with Crippen molar-refractivity contribution in [1.29, 1.82) is 0 Å². The number of pyridine rings is 2. The molecule has 1 saturated heterocycles. The van der Waals surface area contributed by atoms with Crippen LogP contribution in [0.4, 0.5) is 27.8 Å². The number of nitrogens with zero attached hydrogens (tertiary/aromatic N) is 3. The summed E-state index contributed by atoms with van der Waals surface area (Å²) in [7, 11) is -5.15. The summed E-state index contributed by atoms with van der Waals surface area (Å²) in [6.07, 6.45) is 2.57. The van der Waals surface area contributed by atoms with Crippen molar-refractivity contribution in [3.05, 3.63) is 83.4 Å². The third-order valence-corrected chi connectivity index (χ3v) is 9.06. The lowest BCUT2D eigenvalue weighted by Gasteiger charge is -2.36.